The number of thioether (sulfide) groups is 1. The van der Waals surface area contributed by atoms with Crippen molar-refractivity contribution in [3.63, 3.8) is 0 Å². The summed E-state index contributed by atoms with van der Waals surface area (Å²) in [6.45, 7) is 20.9. The standard InChI is InChI=1S/C31H50O8S3.C7H14.C6H12.C2H5F.2CH3.Fe/c1-4-22-41-23-20-37-14-12-33-8-9-34-15-17-38-29-25-28(31-6-5-27(3)42-31)30(24-26(29)2)39-18-16-35-10-7-32-11-13-36-19-21-40;1-6-3-4-7(2)5-6;1-6-4-2-3-5-6;1-2-3;;;/h5-6,24-25,40H,4,7-23H2,1-3H3;6-7H,3-5H2,1-2H3;6H,2-5H2,1H3;2H2,1H3;2*1H3;/q;;;;2*-1;+2/i;;;2D;;;. The number of halogens is 1. The molecule has 0 aliphatic heterocycles. The van der Waals surface area contributed by atoms with Crippen LogP contribution in [0.5, 0.6) is 11.5 Å². The Balaban J connectivity index is -0.00000144. The Hall–Kier alpha value is -0.571. The molecule has 3 atom stereocenters. The third kappa shape index (κ3) is 36.4. The number of hydrogen-bond donors (Lipinski definition) is 1. The first-order valence-corrected chi connectivity index (χ1v) is 24.4. The van der Waals surface area contributed by atoms with Crippen molar-refractivity contribution >= 4 is 35.7 Å². The molecule has 3 unspecified atom stereocenters. The van der Waals surface area contributed by atoms with Crippen molar-refractivity contribution in [2.45, 2.75) is 99.8 Å². The molecule has 61 heavy (non-hydrogen) atoms. The first kappa shape index (κ1) is 62.5. The largest absolute Gasteiger partial charge is 2.00 e. The second-order valence-corrected chi connectivity index (χ2v) is 17.8. The Morgan fingerprint density at radius 1 is 0.656 bits per heavy atom. The van der Waals surface area contributed by atoms with E-state index in [0.717, 1.165) is 57.6 Å². The molecule has 360 valence electrons. The summed E-state index contributed by atoms with van der Waals surface area (Å²) in [4.78, 5) is 2.38. The molecule has 0 bridgehead atoms. The van der Waals surface area contributed by atoms with E-state index in [9.17, 15) is 4.39 Å². The molecule has 1 heterocycles. The van der Waals surface area contributed by atoms with E-state index in [1.807, 2.05) is 24.8 Å². The molecule has 2 saturated carbocycles. The summed E-state index contributed by atoms with van der Waals surface area (Å²) >= 11 is 7.76. The van der Waals surface area contributed by atoms with Crippen LogP contribution < -0.4 is 9.47 Å². The van der Waals surface area contributed by atoms with Gasteiger partial charge < -0.3 is 52.7 Å². The summed E-state index contributed by atoms with van der Waals surface area (Å²) in [6, 6.07) is 8.33. The van der Waals surface area contributed by atoms with Crippen LogP contribution in [0.15, 0.2) is 24.3 Å². The quantitative estimate of drug-likeness (QED) is 0.0388. The molecule has 0 spiro atoms. The van der Waals surface area contributed by atoms with Crippen molar-refractivity contribution in [1.29, 1.82) is 0 Å². The molecule has 13 heteroatoms. The van der Waals surface area contributed by atoms with Gasteiger partial charge in [-0.1, -0.05) is 66.2 Å². The van der Waals surface area contributed by atoms with Gasteiger partial charge in [0.15, 0.2) is 0 Å². The molecule has 2 aromatic rings. The molecule has 0 saturated heterocycles. The molecule has 0 radical (unpaired) electrons. The minimum atomic E-state index is -1.42. The van der Waals surface area contributed by atoms with E-state index < -0.39 is 6.65 Å². The van der Waals surface area contributed by atoms with Crippen molar-refractivity contribution in [1.82, 2.24) is 0 Å². The van der Waals surface area contributed by atoms with Crippen LogP contribution in [-0.2, 0) is 45.5 Å². The smallest absolute Gasteiger partial charge is 0.491 e. The van der Waals surface area contributed by atoms with Crippen LogP contribution in [0, 0.1) is 46.5 Å². The van der Waals surface area contributed by atoms with Gasteiger partial charge in [-0.15, -0.1) is 11.3 Å². The van der Waals surface area contributed by atoms with E-state index in [-0.39, 0.29) is 31.9 Å². The number of rotatable bonds is 28. The zero-order valence-corrected chi connectivity index (χ0v) is 43.2. The molecule has 2 aliphatic carbocycles. The van der Waals surface area contributed by atoms with Crippen molar-refractivity contribution in [3.05, 3.63) is 49.6 Å². The average Bonchev–Trinajstić information content (AvgIpc) is 3.97. The third-order valence-corrected chi connectivity index (χ3v) is 11.7. The monoisotopic (exact) mass is 963 g/mol. The molecule has 2 fully saturated rings. The maximum Gasteiger partial charge on any atom is 2.00 e. The fourth-order valence-electron chi connectivity index (χ4n) is 6.26. The molecular formula is C48H87FFeO8S3. The zero-order valence-electron chi connectivity index (χ0n) is 40.6. The van der Waals surface area contributed by atoms with E-state index in [0.29, 0.717) is 91.6 Å². The minimum absolute atomic E-state index is 0. The number of benzene rings is 1. The van der Waals surface area contributed by atoms with E-state index in [4.69, 9.17) is 39.3 Å². The first-order chi connectivity index (χ1) is 28.6. The van der Waals surface area contributed by atoms with Gasteiger partial charge in [-0.3, -0.25) is 4.39 Å². The summed E-state index contributed by atoms with van der Waals surface area (Å²) in [5.41, 5.74) is 2.02. The van der Waals surface area contributed by atoms with Crippen molar-refractivity contribution in [3.8, 4) is 21.9 Å². The summed E-state index contributed by atoms with van der Waals surface area (Å²) in [5.74, 6) is 7.69. The summed E-state index contributed by atoms with van der Waals surface area (Å²) in [5, 5.41) is 0. The van der Waals surface area contributed by atoms with Gasteiger partial charge in [0.25, 0.3) is 0 Å². The van der Waals surface area contributed by atoms with Crippen molar-refractivity contribution in [2.24, 2.45) is 17.8 Å². The van der Waals surface area contributed by atoms with Gasteiger partial charge in [0, 0.05) is 26.8 Å². The predicted octanol–water partition coefficient (Wildman–Crippen LogP) is 12.5. The van der Waals surface area contributed by atoms with Crippen LogP contribution in [0.25, 0.3) is 10.4 Å². The molecule has 1 aromatic carbocycles. The molecule has 0 amide bonds. The van der Waals surface area contributed by atoms with Gasteiger partial charge in [-0.25, -0.2) is 0 Å². The number of aryl methyl sites for hydroxylation is 2. The van der Waals surface area contributed by atoms with Crippen molar-refractivity contribution in [2.75, 3.05) is 116 Å². The summed E-state index contributed by atoms with van der Waals surface area (Å²) in [6.07, 6.45) is 11.6. The summed E-state index contributed by atoms with van der Waals surface area (Å²) in [7, 11) is 0. The van der Waals surface area contributed by atoms with Gasteiger partial charge in [-0.05, 0) is 86.9 Å². The van der Waals surface area contributed by atoms with E-state index in [2.05, 4.69) is 65.4 Å². The van der Waals surface area contributed by atoms with Crippen LogP contribution in [-0.4, -0.2) is 116 Å². The Kier molecular flexibility index (Phi) is 47.1. The zero-order chi connectivity index (χ0) is 43.4. The maximum absolute atomic E-state index is 10.7. The topological polar surface area (TPSA) is 73.8 Å². The van der Waals surface area contributed by atoms with Crippen LogP contribution >= 0.6 is 35.7 Å². The van der Waals surface area contributed by atoms with Crippen LogP contribution in [0.1, 0.15) is 97.8 Å². The van der Waals surface area contributed by atoms with Crippen LogP contribution in [0.4, 0.5) is 4.39 Å². The second-order valence-electron chi connectivity index (χ2n) is 14.9. The maximum atomic E-state index is 10.7. The number of thiophene rings is 1. The van der Waals surface area contributed by atoms with E-state index in [1.165, 1.54) is 68.9 Å². The molecule has 4 rings (SSSR count). The van der Waals surface area contributed by atoms with Gasteiger partial charge in [0.1, 0.15) is 24.7 Å². The number of ether oxygens (including phenoxy) is 8. The Morgan fingerprint density at radius 2 is 1.11 bits per heavy atom. The Labute approximate surface area is 399 Å². The normalized spacial score (nSPS) is 16.2. The Bertz CT molecular complexity index is 1230. The summed E-state index contributed by atoms with van der Waals surface area (Å²) < 4.78 is 62.1. The van der Waals surface area contributed by atoms with E-state index in [1.54, 1.807) is 11.3 Å². The van der Waals surface area contributed by atoms with Gasteiger partial charge in [0.2, 0.25) is 0 Å². The molecule has 1 aromatic heterocycles. The molecule has 0 N–H and O–H groups in total. The SMILES string of the molecule is CC1CCC(C)C1.CC1CCCC1.CCCSCCOCCOCCOCCOc1cc(-c2ccc(C)s2)c(OCCOCCOCCOCCS)cc1C.[2H]C(C)F.[CH3-].[CH3-].[Fe+2]. The number of hydrogen-bond acceptors (Lipinski definition) is 11. The third-order valence-electron chi connectivity index (χ3n) is 9.30. The van der Waals surface area contributed by atoms with E-state index >= 15 is 0 Å². The number of alkyl halides is 1. The molecule has 2 aliphatic rings. The van der Waals surface area contributed by atoms with Gasteiger partial charge in [0.05, 0.1) is 87.3 Å². The second kappa shape index (κ2) is 46.0. The van der Waals surface area contributed by atoms with Crippen LogP contribution in [0.2, 0.25) is 0 Å². The van der Waals surface area contributed by atoms with Gasteiger partial charge in [-0.2, -0.15) is 24.4 Å². The predicted molar refractivity (Wildman–Crippen MR) is 261 cm³/mol. The van der Waals surface area contributed by atoms with Crippen LogP contribution in [0.3, 0.4) is 0 Å². The minimum Gasteiger partial charge on any atom is -0.491 e. The van der Waals surface area contributed by atoms with Gasteiger partial charge >= 0.3 is 17.1 Å². The fraction of sp³-hybridized carbons (Fsp3) is 0.750. The number of thiol groups is 1. The fourth-order valence-corrected chi connectivity index (χ4v) is 8.01. The molecular weight excluding hydrogens is 876 g/mol. The Morgan fingerprint density at radius 3 is 1.51 bits per heavy atom. The molecule has 8 nitrogen and oxygen atoms in total. The average molecular weight is 964 g/mol. The van der Waals surface area contributed by atoms with Crippen molar-refractivity contribution < 1.29 is 60.7 Å². The first-order valence-electron chi connectivity index (χ1n) is 22.3.